The summed E-state index contributed by atoms with van der Waals surface area (Å²) >= 11 is 5.23. The molecule has 0 saturated heterocycles. The summed E-state index contributed by atoms with van der Waals surface area (Å²) in [4.78, 5) is 21.4. The van der Waals surface area contributed by atoms with E-state index in [1.807, 2.05) is 0 Å². The number of hydrogen-bond donors (Lipinski definition) is 0. The summed E-state index contributed by atoms with van der Waals surface area (Å²) in [5.74, 6) is -0.176. The normalized spacial score (nSPS) is 10.2. The van der Waals surface area contributed by atoms with E-state index in [1.165, 1.54) is 18.2 Å². The second-order valence-electron chi connectivity index (χ2n) is 3.29. The molecule has 0 atom stereocenters. The van der Waals surface area contributed by atoms with Gasteiger partial charge < -0.3 is 4.42 Å². The van der Waals surface area contributed by atoms with Crippen molar-refractivity contribution in [2.75, 3.05) is 0 Å². The summed E-state index contributed by atoms with van der Waals surface area (Å²) in [5.41, 5.74) is 0.247. The second kappa shape index (κ2) is 4.51. The molecule has 0 saturated carbocycles. The monoisotopic (exact) mass is 252 g/mol. The highest BCUT2D eigenvalue weighted by Gasteiger charge is 2.12. The minimum Gasteiger partial charge on any atom is -0.453 e. The quantitative estimate of drug-likeness (QED) is 0.622. The Morgan fingerprint density at radius 2 is 2.06 bits per heavy atom. The first-order valence-corrected chi connectivity index (χ1v) is 5.04. The van der Waals surface area contributed by atoms with Crippen LogP contribution in [-0.4, -0.2) is 11.5 Å². The van der Waals surface area contributed by atoms with Crippen LogP contribution in [0.15, 0.2) is 34.7 Å². The van der Waals surface area contributed by atoms with Crippen LogP contribution in [0.25, 0.3) is 11.3 Å². The lowest BCUT2D eigenvalue weighted by Crippen LogP contribution is -1.94. The first-order valence-electron chi connectivity index (χ1n) is 4.66. The molecule has 0 radical (unpaired) electrons. The van der Waals surface area contributed by atoms with Crippen molar-refractivity contribution in [2.45, 2.75) is 0 Å². The van der Waals surface area contributed by atoms with Crippen LogP contribution < -0.4 is 0 Å². The molecule has 2 aromatic rings. The predicted octanol–water partition coefficient (Wildman–Crippen LogP) is 3.28. The number of furan rings is 1. The van der Waals surface area contributed by atoms with E-state index in [0.717, 1.165) is 6.07 Å². The summed E-state index contributed by atoms with van der Waals surface area (Å²) in [7, 11) is 0. The van der Waals surface area contributed by atoms with Gasteiger partial charge in [0, 0.05) is 5.56 Å². The van der Waals surface area contributed by atoms with Gasteiger partial charge in [-0.15, -0.1) is 0 Å². The zero-order chi connectivity index (χ0) is 12.4. The lowest BCUT2D eigenvalue weighted by molar-refractivity contribution is 0.107. The molecule has 5 heteroatoms. The Morgan fingerprint density at radius 3 is 2.65 bits per heavy atom. The van der Waals surface area contributed by atoms with Crippen molar-refractivity contribution in [3.63, 3.8) is 0 Å². The predicted molar refractivity (Wildman–Crippen MR) is 59.7 cm³/mol. The highest BCUT2D eigenvalue weighted by molar-refractivity contribution is 6.67. The summed E-state index contributed by atoms with van der Waals surface area (Å²) in [5, 5.41) is -0.883. The standard InChI is InChI=1S/C12H6ClFO3/c13-12(16)9-5-7(1-3-10(9)14)11-4-2-8(6-15)17-11/h1-6H. The van der Waals surface area contributed by atoms with Crippen LogP contribution in [0.4, 0.5) is 4.39 Å². The maximum absolute atomic E-state index is 13.2. The minimum atomic E-state index is -0.883. The van der Waals surface area contributed by atoms with Crippen LogP contribution >= 0.6 is 11.6 Å². The van der Waals surface area contributed by atoms with Gasteiger partial charge in [0.25, 0.3) is 5.24 Å². The van der Waals surface area contributed by atoms with Gasteiger partial charge in [0.1, 0.15) is 11.6 Å². The largest absolute Gasteiger partial charge is 0.453 e. The molecular weight excluding hydrogens is 247 g/mol. The Balaban J connectivity index is 2.49. The molecule has 17 heavy (non-hydrogen) atoms. The van der Waals surface area contributed by atoms with E-state index in [-0.39, 0.29) is 11.3 Å². The molecule has 3 nitrogen and oxygen atoms in total. The summed E-state index contributed by atoms with van der Waals surface area (Å²) < 4.78 is 18.4. The zero-order valence-corrected chi connectivity index (χ0v) is 9.20. The van der Waals surface area contributed by atoms with E-state index >= 15 is 0 Å². The Kier molecular flexibility index (Phi) is 3.06. The Bertz CT molecular complexity index is 589. The fraction of sp³-hybridized carbons (Fsp3) is 0. The lowest BCUT2D eigenvalue weighted by atomic mass is 10.1. The molecule has 0 unspecified atom stereocenters. The SMILES string of the molecule is O=Cc1ccc(-c2ccc(F)c(C(=O)Cl)c2)o1. The third-order valence-corrected chi connectivity index (χ3v) is 2.41. The number of hydrogen-bond acceptors (Lipinski definition) is 3. The van der Waals surface area contributed by atoms with Gasteiger partial charge in [-0.3, -0.25) is 9.59 Å². The van der Waals surface area contributed by atoms with Gasteiger partial charge in [-0.1, -0.05) is 0 Å². The van der Waals surface area contributed by atoms with Gasteiger partial charge in [-0.05, 0) is 41.9 Å². The van der Waals surface area contributed by atoms with Gasteiger partial charge in [-0.25, -0.2) is 4.39 Å². The molecule has 0 aliphatic rings. The van der Waals surface area contributed by atoms with E-state index in [2.05, 4.69) is 0 Å². The molecule has 0 bridgehead atoms. The van der Waals surface area contributed by atoms with E-state index < -0.39 is 11.1 Å². The van der Waals surface area contributed by atoms with E-state index in [0.29, 0.717) is 17.6 Å². The highest BCUT2D eigenvalue weighted by Crippen LogP contribution is 2.24. The molecular formula is C12H6ClFO3. The first-order chi connectivity index (χ1) is 8.11. The number of halogens is 2. The van der Waals surface area contributed by atoms with Gasteiger partial charge in [0.05, 0.1) is 5.56 Å². The van der Waals surface area contributed by atoms with Crippen molar-refractivity contribution in [1.29, 1.82) is 0 Å². The van der Waals surface area contributed by atoms with Gasteiger partial charge in [0.15, 0.2) is 12.0 Å². The molecule has 0 amide bonds. The molecule has 0 aliphatic carbocycles. The molecule has 1 aromatic carbocycles. The van der Waals surface area contributed by atoms with Gasteiger partial charge in [0.2, 0.25) is 0 Å². The van der Waals surface area contributed by atoms with Crippen molar-refractivity contribution in [3.05, 3.63) is 47.5 Å². The summed E-state index contributed by atoms with van der Waals surface area (Å²) in [6.45, 7) is 0. The summed E-state index contributed by atoms with van der Waals surface area (Å²) in [6, 6.07) is 6.87. The molecule has 0 aliphatic heterocycles. The van der Waals surface area contributed by atoms with Crippen LogP contribution in [0.1, 0.15) is 20.9 Å². The average Bonchev–Trinajstić information content (AvgIpc) is 2.78. The van der Waals surface area contributed by atoms with Crippen molar-refractivity contribution in [3.8, 4) is 11.3 Å². The number of aldehydes is 1. The number of benzene rings is 1. The van der Waals surface area contributed by atoms with Gasteiger partial charge in [-0.2, -0.15) is 0 Å². The lowest BCUT2D eigenvalue weighted by Gasteiger charge is -2.00. The summed E-state index contributed by atoms with van der Waals surface area (Å²) in [6.07, 6.45) is 0.556. The van der Waals surface area contributed by atoms with Gasteiger partial charge >= 0.3 is 0 Å². The number of carbonyl (C=O) groups excluding carboxylic acids is 2. The molecule has 0 spiro atoms. The molecule has 1 aromatic heterocycles. The maximum Gasteiger partial charge on any atom is 0.255 e. The van der Waals surface area contributed by atoms with Crippen LogP contribution in [0.5, 0.6) is 0 Å². The fourth-order valence-corrected chi connectivity index (χ4v) is 1.55. The average molecular weight is 253 g/mol. The molecule has 0 fully saturated rings. The van der Waals surface area contributed by atoms with E-state index in [1.54, 1.807) is 6.07 Å². The molecule has 0 N–H and O–H groups in total. The van der Waals surface area contributed by atoms with E-state index in [4.69, 9.17) is 16.0 Å². The third-order valence-electron chi connectivity index (χ3n) is 2.21. The van der Waals surface area contributed by atoms with Crippen molar-refractivity contribution >= 4 is 23.1 Å². The van der Waals surface area contributed by atoms with Crippen molar-refractivity contribution < 1.29 is 18.4 Å². The minimum absolute atomic E-state index is 0.156. The van der Waals surface area contributed by atoms with Crippen molar-refractivity contribution in [2.24, 2.45) is 0 Å². The van der Waals surface area contributed by atoms with Crippen LogP contribution in [0.2, 0.25) is 0 Å². The Labute approximate surface area is 101 Å². The topological polar surface area (TPSA) is 47.3 Å². The zero-order valence-electron chi connectivity index (χ0n) is 8.44. The second-order valence-corrected chi connectivity index (χ2v) is 3.63. The molecule has 1 heterocycles. The molecule has 86 valence electrons. The maximum atomic E-state index is 13.2. The first kappa shape index (κ1) is 11.5. The fourth-order valence-electron chi connectivity index (χ4n) is 1.40. The Morgan fingerprint density at radius 1 is 1.29 bits per heavy atom. The Hall–Kier alpha value is -1.94. The third kappa shape index (κ3) is 2.26. The smallest absolute Gasteiger partial charge is 0.255 e. The van der Waals surface area contributed by atoms with E-state index in [9.17, 15) is 14.0 Å². The number of rotatable bonds is 3. The van der Waals surface area contributed by atoms with Crippen LogP contribution in [-0.2, 0) is 0 Å². The highest BCUT2D eigenvalue weighted by atomic mass is 35.5. The van der Waals surface area contributed by atoms with Crippen LogP contribution in [0, 0.1) is 5.82 Å². The van der Waals surface area contributed by atoms with Crippen LogP contribution in [0.3, 0.4) is 0 Å². The molecule has 2 rings (SSSR count). The number of carbonyl (C=O) groups is 2. The van der Waals surface area contributed by atoms with Crippen molar-refractivity contribution in [1.82, 2.24) is 0 Å².